The largest absolute Gasteiger partial charge is 0.409 e. The van der Waals surface area contributed by atoms with E-state index in [4.69, 9.17) is 4.74 Å². The first-order chi connectivity index (χ1) is 18.7. The lowest BCUT2D eigenvalue weighted by molar-refractivity contribution is -0.0790. The monoisotopic (exact) mass is 554 g/mol. The Balaban J connectivity index is 1.15. The minimum Gasteiger partial charge on any atom is -0.378 e. The third kappa shape index (κ3) is 9.30. The van der Waals surface area contributed by atoms with Crippen molar-refractivity contribution in [2.75, 3.05) is 6.61 Å². The fourth-order valence-corrected chi connectivity index (χ4v) is 7.47. The number of benzene rings is 1. The highest BCUT2D eigenvalue weighted by molar-refractivity contribution is 5.52. The van der Waals surface area contributed by atoms with E-state index in [-0.39, 0.29) is 12.0 Å². The maximum atomic E-state index is 14.4. The zero-order chi connectivity index (χ0) is 27.8. The molecule has 1 aromatic rings. The average molecular weight is 555 g/mol. The molecule has 39 heavy (non-hydrogen) atoms. The second-order valence-electron chi connectivity index (χ2n) is 12.6. The number of unbranched alkanes of at least 4 members (excludes halogenated alkanes) is 2. The summed E-state index contributed by atoms with van der Waals surface area (Å²) in [6.45, 7) is 3.20. The molecule has 0 unspecified atom stereocenters. The van der Waals surface area contributed by atoms with Crippen molar-refractivity contribution in [3.05, 3.63) is 41.0 Å². The fourth-order valence-electron chi connectivity index (χ4n) is 7.47. The SMILES string of the molecule is CCCCCC1CCC(COC2CCC(C3CCC(c4cc(F)c(/C=C/C(F)(F)F)c(F)c4)CC3)CC2)CC1. The van der Waals surface area contributed by atoms with Crippen LogP contribution in [0.1, 0.15) is 127 Å². The van der Waals surface area contributed by atoms with E-state index >= 15 is 0 Å². The van der Waals surface area contributed by atoms with Gasteiger partial charge in [0.25, 0.3) is 0 Å². The molecule has 4 rings (SSSR count). The summed E-state index contributed by atoms with van der Waals surface area (Å²) >= 11 is 0. The summed E-state index contributed by atoms with van der Waals surface area (Å²) in [7, 11) is 0. The molecule has 3 aliphatic carbocycles. The molecule has 3 fully saturated rings. The van der Waals surface area contributed by atoms with Gasteiger partial charge in [0, 0.05) is 18.2 Å². The van der Waals surface area contributed by atoms with Crippen molar-refractivity contribution in [2.45, 2.75) is 128 Å². The topological polar surface area (TPSA) is 9.23 Å². The van der Waals surface area contributed by atoms with E-state index < -0.39 is 23.4 Å². The summed E-state index contributed by atoms with van der Waals surface area (Å²) in [6, 6.07) is 2.46. The molecule has 3 saturated carbocycles. The number of halogens is 5. The number of rotatable bonds is 10. The molecule has 6 heteroatoms. The first-order valence-corrected chi connectivity index (χ1v) is 15.6. The van der Waals surface area contributed by atoms with Crippen molar-refractivity contribution in [1.82, 2.24) is 0 Å². The van der Waals surface area contributed by atoms with Crippen molar-refractivity contribution in [3.63, 3.8) is 0 Å². The molecular weight excluding hydrogens is 507 g/mol. The standard InChI is InChI=1S/C33H47F5O/c1-2-3-4-5-23-6-8-24(9-7-23)22-39-29-16-14-26(15-17-29)25-10-12-27(13-11-25)28-20-31(34)30(32(35)21-28)18-19-33(36,37)38/h18-21,23-27,29H,2-17,22H2,1H3/b19-18+. The second-order valence-corrected chi connectivity index (χ2v) is 12.6. The predicted octanol–water partition coefficient (Wildman–Crippen LogP) is 10.8. The van der Waals surface area contributed by atoms with Crippen LogP contribution in [0.4, 0.5) is 22.0 Å². The van der Waals surface area contributed by atoms with Gasteiger partial charge in [0.15, 0.2) is 0 Å². The van der Waals surface area contributed by atoms with Gasteiger partial charge >= 0.3 is 6.18 Å². The molecule has 0 bridgehead atoms. The first-order valence-electron chi connectivity index (χ1n) is 15.6. The number of ether oxygens (including phenoxy) is 1. The molecule has 0 aliphatic heterocycles. The van der Waals surface area contributed by atoms with Crippen LogP contribution in [-0.4, -0.2) is 18.9 Å². The normalized spacial score (nSPS) is 30.6. The van der Waals surface area contributed by atoms with Crippen molar-refractivity contribution in [1.29, 1.82) is 0 Å². The molecule has 220 valence electrons. The van der Waals surface area contributed by atoms with Crippen molar-refractivity contribution < 1.29 is 26.7 Å². The number of hydrogen-bond donors (Lipinski definition) is 0. The highest BCUT2D eigenvalue weighted by Gasteiger charge is 2.32. The molecule has 0 amide bonds. The molecule has 1 aromatic carbocycles. The lowest BCUT2D eigenvalue weighted by Gasteiger charge is -2.38. The molecule has 0 radical (unpaired) electrons. The number of allylic oxidation sites excluding steroid dienone is 1. The fraction of sp³-hybridized carbons (Fsp3) is 0.758. The van der Waals surface area contributed by atoms with Crippen LogP contribution < -0.4 is 0 Å². The van der Waals surface area contributed by atoms with Gasteiger partial charge in [0.1, 0.15) is 11.6 Å². The van der Waals surface area contributed by atoms with Gasteiger partial charge in [-0.25, -0.2) is 8.78 Å². The summed E-state index contributed by atoms with van der Waals surface area (Å²) in [5, 5.41) is 0. The summed E-state index contributed by atoms with van der Waals surface area (Å²) < 4.78 is 72.5. The van der Waals surface area contributed by atoms with Gasteiger partial charge in [0.05, 0.1) is 6.10 Å². The van der Waals surface area contributed by atoms with Gasteiger partial charge in [-0.05, 0) is 118 Å². The van der Waals surface area contributed by atoms with Gasteiger partial charge in [-0.3, -0.25) is 0 Å². The number of hydrogen-bond acceptors (Lipinski definition) is 1. The van der Waals surface area contributed by atoms with Gasteiger partial charge in [-0.15, -0.1) is 0 Å². The lowest BCUT2D eigenvalue weighted by Crippen LogP contribution is -2.30. The van der Waals surface area contributed by atoms with E-state index in [2.05, 4.69) is 6.92 Å². The molecule has 0 spiro atoms. The molecule has 0 atom stereocenters. The first kappa shape index (κ1) is 30.5. The van der Waals surface area contributed by atoms with Crippen LogP contribution >= 0.6 is 0 Å². The van der Waals surface area contributed by atoms with E-state index in [1.807, 2.05) is 0 Å². The molecule has 3 aliphatic rings. The minimum absolute atomic E-state index is 0.0623. The molecule has 0 aromatic heterocycles. The van der Waals surface area contributed by atoms with Gasteiger partial charge in [-0.1, -0.05) is 45.4 Å². The maximum absolute atomic E-state index is 14.4. The third-order valence-corrected chi connectivity index (χ3v) is 9.92. The summed E-state index contributed by atoms with van der Waals surface area (Å²) in [4.78, 5) is 0. The van der Waals surface area contributed by atoms with E-state index in [1.165, 1.54) is 76.3 Å². The number of alkyl halides is 3. The Morgan fingerprint density at radius 3 is 1.90 bits per heavy atom. The molecule has 1 nitrogen and oxygen atoms in total. The van der Waals surface area contributed by atoms with E-state index in [9.17, 15) is 22.0 Å². The van der Waals surface area contributed by atoms with Crippen LogP contribution in [0.3, 0.4) is 0 Å². The van der Waals surface area contributed by atoms with Crippen LogP contribution in [0.15, 0.2) is 18.2 Å². The second kappa shape index (κ2) is 14.5. The summed E-state index contributed by atoms with van der Waals surface area (Å²) in [6.07, 6.45) is 15.6. The highest BCUT2D eigenvalue weighted by atomic mass is 19.4. The third-order valence-electron chi connectivity index (χ3n) is 9.92. The Labute approximate surface area is 232 Å². The van der Waals surface area contributed by atoms with Crippen LogP contribution in [-0.2, 0) is 4.74 Å². The van der Waals surface area contributed by atoms with Crippen LogP contribution in [0.2, 0.25) is 0 Å². The minimum atomic E-state index is -4.60. The molecule has 0 N–H and O–H groups in total. The Bertz CT molecular complexity index is 878. The molecular formula is C33H47F5O. The van der Waals surface area contributed by atoms with Crippen LogP contribution in [0.25, 0.3) is 6.08 Å². The molecule has 0 heterocycles. The smallest absolute Gasteiger partial charge is 0.378 e. The van der Waals surface area contributed by atoms with Gasteiger partial charge in [0.2, 0.25) is 0 Å². The predicted molar refractivity (Wildman–Crippen MR) is 147 cm³/mol. The van der Waals surface area contributed by atoms with E-state index in [0.29, 0.717) is 29.6 Å². The summed E-state index contributed by atoms with van der Waals surface area (Å²) in [5.41, 5.74) is -0.0569. The maximum Gasteiger partial charge on any atom is 0.409 e. The van der Waals surface area contributed by atoms with Gasteiger partial charge < -0.3 is 4.74 Å². The molecule has 0 saturated heterocycles. The van der Waals surface area contributed by atoms with Gasteiger partial charge in [-0.2, -0.15) is 13.2 Å². The van der Waals surface area contributed by atoms with Crippen molar-refractivity contribution in [2.24, 2.45) is 23.7 Å². The Morgan fingerprint density at radius 2 is 1.33 bits per heavy atom. The highest BCUT2D eigenvalue weighted by Crippen LogP contribution is 2.44. The van der Waals surface area contributed by atoms with E-state index in [1.54, 1.807) is 0 Å². The Hall–Kier alpha value is -1.43. The lowest BCUT2D eigenvalue weighted by atomic mass is 9.69. The average Bonchev–Trinajstić information content (AvgIpc) is 2.92. The zero-order valence-electron chi connectivity index (χ0n) is 23.6. The van der Waals surface area contributed by atoms with Crippen LogP contribution in [0.5, 0.6) is 0 Å². The Morgan fingerprint density at radius 1 is 0.769 bits per heavy atom. The zero-order valence-corrected chi connectivity index (χ0v) is 23.6. The quantitative estimate of drug-likeness (QED) is 0.206. The van der Waals surface area contributed by atoms with Crippen molar-refractivity contribution in [3.8, 4) is 0 Å². The van der Waals surface area contributed by atoms with Crippen molar-refractivity contribution >= 4 is 6.08 Å². The Kier molecular flexibility index (Phi) is 11.3. The van der Waals surface area contributed by atoms with E-state index in [0.717, 1.165) is 57.0 Å². The van der Waals surface area contributed by atoms with Crippen LogP contribution in [0, 0.1) is 35.3 Å². The summed E-state index contributed by atoms with van der Waals surface area (Å²) in [5.74, 6) is 1.24.